The molecular weight excluding hydrogens is 400 g/mol. The van der Waals surface area contributed by atoms with Crippen LogP contribution in [0, 0.1) is 0 Å². The molecule has 2 aromatic rings. The third-order valence-corrected chi connectivity index (χ3v) is 6.86. The van der Waals surface area contributed by atoms with Crippen molar-refractivity contribution in [3.63, 3.8) is 0 Å². The van der Waals surface area contributed by atoms with E-state index in [1.54, 1.807) is 36.2 Å². The summed E-state index contributed by atoms with van der Waals surface area (Å²) < 4.78 is 28.4. The number of sulfonamides is 1. The zero-order chi connectivity index (χ0) is 21.1. The molecule has 158 valence electrons. The molecule has 2 heterocycles. The van der Waals surface area contributed by atoms with E-state index in [2.05, 4.69) is 21.4 Å². The van der Waals surface area contributed by atoms with Crippen molar-refractivity contribution in [3.05, 3.63) is 65.7 Å². The van der Waals surface area contributed by atoms with E-state index < -0.39 is 10.0 Å². The third-order valence-electron chi connectivity index (χ3n) is 5.54. The first-order valence-electron chi connectivity index (χ1n) is 10.1. The summed E-state index contributed by atoms with van der Waals surface area (Å²) in [6.07, 6.45) is 0.917. The number of amides is 1. The second kappa shape index (κ2) is 8.57. The third kappa shape index (κ3) is 4.39. The Kier molecular flexibility index (Phi) is 5.87. The molecule has 1 saturated heterocycles. The number of nitrogens with zero attached hydrogens (tertiary/aromatic N) is 4. The average molecular weight is 427 g/mol. The fourth-order valence-corrected chi connectivity index (χ4v) is 5.21. The lowest BCUT2D eigenvalue weighted by atomic mass is 10.2. The number of fused-ring (bicyclic) bond motifs is 1. The van der Waals surface area contributed by atoms with Gasteiger partial charge in [-0.3, -0.25) is 9.69 Å². The van der Waals surface area contributed by atoms with Gasteiger partial charge in [0.25, 0.3) is 10.0 Å². The predicted molar refractivity (Wildman–Crippen MR) is 116 cm³/mol. The van der Waals surface area contributed by atoms with Crippen molar-refractivity contribution in [2.45, 2.75) is 17.9 Å². The molecule has 0 radical (unpaired) electrons. The molecule has 0 N–H and O–H groups in total. The highest BCUT2D eigenvalue weighted by Crippen LogP contribution is 2.26. The van der Waals surface area contributed by atoms with E-state index in [0.29, 0.717) is 24.5 Å². The smallest absolute Gasteiger partial charge is 0.285 e. The summed E-state index contributed by atoms with van der Waals surface area (Å²) in [7, 11) is -1.97. The Bertz CT molecular complexity index is 1050. The maximum atomic E-state index is 12.9. The van der Waals surface area contributed by atoms with Gasteiger partial charge in [0, 0.05) is 45.3 Å². The number of amidine groups is 1. The van der Waals surface area contributed by atoms with E-state index in [9.17, 15) is 13.2 Å². The van der Waals surface area contributed by atoms with Gasteiger partial charge < -0.3 is 9.80 Å². The van der Waals surface area contributed by atoms with E-state index in [1.165, 1.54) is 5.56 Å². The molecular formula is C22H26N4O3S. The fourth-order valence-electron chi connectivity index (χ4n) is 3.96. The summed E-state index contributed by atoms with van der Waals surface area (Å²) >= 11 is 0. The average Bonchev–Trinajstić information content (AvgIpc) is 2.87. The number of carbonyl (C=O) groups excluding carboxylic acids is 1. The van der Waals surface area contributed by atoms with Crippen LogP contribution in [-0.2, 0) is 21.4 Å². The Hall–Kier alpha value is -2.71. The second-order valence-electron chi connectivity index (χ2n) is 7.74. The van der Waals surface area contributed by atoms with Crippen molar-refractivity contribution in [1.29, 1.82) is 0 Å². The van der Waals surface area contributed by atoms with Crippen molar-refractivity contribution in [1.82, 2.24) is 14.7 Å². The minimum absolute atomic E-state index is 0.0106. The summed E-state index contributed by atoms with van der Waals surface area (Å²) in [5.41, 5.74) is 1.83. The number of likely N-dealkylation sites (N-methyl/N-ethyl adjacent to an activating group) is 1. The van der Waals surface area contributed by atoms with Gasteiger partial charge >= 0.3 is 0 Å². The molecule has 7 nitrogen and oxygen atoms in total. The first-order chi connectivity index (χ1) is 14.4. The molecule has 8 heteroatoms. The minimum Gasteiger partial charge on any atom is -0.349 e. The highest BCUT2D eigenvalue weighted by atomic mass is 32.2. The number of carbonyl (C=O) groups is 1. The van der Waals surface area contributed by atoms with Crippen LogP contribution < -0.4 is 0 Å². The van der Waals surface area contributed by atoms with Crippen molar-refractivity contribution in [2.24, 2.45) is 4.40 Å². The predicted octanol–water partition coefficient (Wildman–Crippen LogP) is 1.80. The minimum atomic E-state index is -3.69. The first-order valence-corrected chi connectivity index (χ1v) is 11.6. The molecule has 0 unspecified atom stereocenters. The maximum absolute atomic E-state index is 12.9. The van der Waals surface area contributed by atoms with Crippen molar-refractivity contribution in [3.8, 4) is 0 Å². The van der Waals surface area contributed by atoms with E-state index in [4.69, 9.17) is 0 Å². The number of hydrogen-bond donors (Lipinski definition) is 0. The molecule has 1 amide bonds. The quantitative estimate of drug-likeness (QED) is 0.746. The molecule has 0 bridgehead atoms. The summed E-state index contributed by atoms with van der Waals surface area (Å²) in [5.74, 6) is 0.322. The van der Waals surface area contributed by atoms with E-state index >= 15 is 0 Å². The summed E-state index contributed by atoms with van der Waals surface area (Å²) in [6.45, 7) is 4.13. The number of benzene rings is 2. The molecule has 1 fully saturated rings. The van der Waals surface area contributed by atoms with Gasteiger partial charge in [-0.15, -0.1) is 4.40 Å². The SMILES string of the molecule is CN(CC(=O)N1CCCN(Cc2ccccc2)CC1)C1=NS(=O)(=O)c2ccccc21. The summed E-state index contributed by atoms with van der Waals surface area (Å²) in [6, 6.07) is 17.1. The van der Waals surface area contributed by atoms with Crippen molar-refractivity contribution < 1.29 is 13.2 Å². The lowest BCUT2D eigenvalue weighted by Crippen LogP contribution is -2.42. The molecule has 0 spiro atoms. The van der Waals surface area contributed by atoms with Gasteiger partial charge in [0.1, 0.15) is 4.90 Å². The van der Waals surface area contributed by atoms with Crippen LogP contribution in [0.15, 0.2) is 63.9 Å². The van der Waals surface area contributed by atoms with Crippen LogP contribution in [0.25, 0.3) is 0 Å². The maximum Gasteiger partial charge on any atom is 0.285 e. The van der Waals surface area contributed by atoms with Gasteiger partial charge in [0.15, 0.2) is 5.84 Å². The second-order valence-corrected chi connectivity index (χ2v) is 9.31. The fraction of sp³-hybridized carbons (Fsp3) is 0.364. The molecule has 4 rings (SSSR count). The van der Waals surface area contributed by atoms with Crippen LogP contribution in [0.2, 0.25) is 0 Å². The van der Waals surface area contributed by atoms with Crippen molar-refractivity contribution >= 4 is 21.8 Å². The normalized spacial score (nSPS) is 18.4. The van der Waals surface area contributed by atoms with Crippen LogP contribution in [-0.4, -0.2) is 74.6 Å². The Balaban J connectivity index is 1.37. The molecule has 2 aliphatic rings. The van der Waals surface area contributed by atoms with Crippen molar-refractivity contribution in [2.75, 3.05) is 39.8 Å². The Labute approximate surface area is 177 Å². The van der Waals surface area contributed by atoms with Crippen LogP contribution in [0.5, 0.6) is 0 Å². The summed E-state index contributed by atoms with van der Waals surface area (Å²) in [4.78, 5) is 19.0. The van der Waals surface area contributed by atoms with Crippen LogP contribution in [0.3, 0.4) is 0 Å². The van der Waals surface area contributed by atoms with Crippen LogP contribution in [0.1, 0.15) is 17.5 Å². The highest BCUT2D eigenvalue weighted by Gasteiger charge is 2.31. The van der Waals surface area contributed by atoms with Crippen LogP contribution in [0.4, 0.5) is 0 Å². The van der Waals surface area contributed by atoms with Crippen LogP contribution >= 0.6 is 0 Å². The molecule has 30 heavy (non-hydrogen) atoms. The zero-order valence-corrected chi connectivity index (χ0v) is 17.9. The zero-order valence-electron chi connectivity index (χ0n) is 17.1. The Morgan fingerprint density at radius 1 is 1.00 bits per heavy atom. The van der Waals surface area contributed by atoms with E-state index in [0.717, 1.165) is 26.1 Å². The number of rotatable bonds is 4. The largest absolute Gasteiger partial charge is 0.349 e. The summed E-state index contributed by atoms with van der Waals surface area (Å²) in [5, 5.41) is 0. The standard InChI is InChI=1S/C22H26N4O3S/c1-24(22-19-10-5-6-11-20(19)30(28,29)23-22)17-21(27)26-13-7-12-25(14-15-26)16-18-8-3-2-4-9-18/h2-6,8-11H,7,12-17H2,1H3. The first kappa shape index (κ1) is 20.6. The molecule has 2 aromatic carbocycles. The molecule has 2 aliphatic heterocycles. The Morgan fingerprint density at radius 2 is 1.73 bits per heavy atom. The molecule has 0 atom stereocenters. The molecule has 0 aliphatic carbocycles. The lowest BCUT2D eigenvalue weighted by molar-refractivity contribution is -0.131. The van der Waals surface area contributed by atoms with Gasteiger partial charge in [-0.05, 0) is 24.1 Å². The molecule has 0 aromatic heterocycles. The number of hydrogen-bond acceptors (Lipinski definition) is 5. The van der Waals surface area contributed by atoms with Gasteiger partial charge in [0.05, 0.1) is 6.54 Å². The lowest BCUT2D eigenvalue weighted by Gasteiger charge is -2.25. The van der Waals surface area contributed by atoms with Gasteiger partial charge in [0.2, 0.25) is 5.91 Å². The highest BCUT2D eigenvalue weighted by molar-refractivity contribution is 7.90. The van der Waals surface area contributed by atoms with E-state index in [1.807, 2.05) is 23.1 Å². The topological polar surface area (TPSA) is 73.3 Å². The monoisotopic (exact) mass is 426 g/mol. The van der Waals surface area contributed by atoms with Gasteiger partial charge in [-0.25, -0.2) is 0 Å². The van der Waals surface area contributed by atoms with Gasteiger partial charge in [-0.2, -0.15) is 8.42 Å². The Morgan fingerprint density at radius 3 is 2.53 bits per heavy atom. The van der Waals surface area contributed by atoms with E-state index in [-0.39, 0.29) is 17.3 Å². The molecule has 0 saturated carbocycles. The van der Waals surface area contributed by atoms with Gasteiger partial charge in [-0.1, -0.05) is 42.5 Å².